The van der Waals surface area contributed by atoms with Gasteiger partial charge < -0.3 is 9.80 Å². The van der Waals surface area contributed by atoms with Gasteiger partial charge in [0.05, 0.1) is 10.2 Å². The maximum atomic E-state index is 14.1. The van der Waals surface area contributed by atoms with Crippen molar-refractivity contribution in [3.8, 4) is 0 Å². The average Bonchev–Trinajstić information content (AvgIpc) is 2.75. The van der Waals surface area contributed by atoms with Crippen molar-refractivity contribution in [2.75, 3.05) is 31.1 Å². The molecule has 102 valence electrons. The predicted octanol–water partition coefficient (Wildman–Crippen LogP) is 2.65. The third-order valence-corrected chi connectivity index (χ3v) is 4.82. The summed E-state index contributed by atoms with van der Waals surface area (Å²) >= 11 is 3.23. The van der Waals surface area contributed by atoms with E-state index in [9.17, 15) is 9.18 Å². The molecule has 2 saturated heterocycles. The minimum absolute atomic E-state index is 0.137. The smallest absolute Gasteiger partial charge is 0.219 e. The molecule has 0 bridgehead atoms. The van der Waals surface area contributed by atoms with Crippen LogP contribution in [0.1, 0.15) is 13.3 Å². The van der Waals surface area contributed by atoms with Crippen molar-refractivity contribution in [3.63, 3.8) is 0 Å². The van der Waals surface area contributed by atoms with Crippen molar-refractivity contribution in [2.24, 2.45) is 5.41 Å². The monoisotopic (exact) mass is 326 g/mol. The number of anilines is 1. The molecular formula is C14H16BrFN2O. The summed E-state index contributed by atoms with van der Waals surface area (Å²) in [5, 5.41) is 0. The number of hydrogen-bond donors (Lipinski definition) is 0. The van der Waals surface area contributed by atoms with E-state index >= 15 is 0 Å². The molecule has 0 saturated carbocycles. The molecule has 3 nitrogen and oxygen atoms in total. The lowest BCUT2D eigenvalue weighted by atomic mass is 9.79. The van der Waals surface area contributed by atoms with Crippen LogP contribution in [-0.2, 0) is 4.79 Å². The van der Waals surface area contributed by atoms with Gasteiger partial charge in [0.1, 0.15) is 0 Å². The molecule has 1 aromatic carbocycles. The second kappa shape index (κ2) is 4.47. The molecule has 0 atom stereocenters. The molecule has 2 aliphatic heterocycles. The van der Waals surface area contributed by atoms with Crippen molar-refractivity contribution < 1.29 is 9.18 Å². The Kier molecular flexibility index (Phi) is 3.04. The number of carbonyl (C=O) groups excluding carboxylic acids is 1. The minimum atomic E-state index is -0.192. The number of likely N-dealkylation sites (tertiary alicyclic amines) is 1. The molecule has 0 N–H and O–H groups in total. The molecule has 0 radical (unpaired) electrons. The number of nitrogens with zero attached hydrogens (tertiary/aromatic N) is 2. The Morgan fingerprint density at radius 1 is 1.37 bits per heavy atom. The zero-order chi connectivity index (χ0) is 13.6. The minimum Gasteiger partial charge on any atom is -0.368 e. The molecule has 2 heterocycles. The first-order valence-electron chi connectivity index (χ1n) is 6.45. The van der Waals surface area contributed by atoms with Gasteiger partial charge in [-0.25, -0.2) is 4.39 Å². The first-order valence-corrected chi connectivity index (χ1v) is 7.25. The number of carbonyl (C=O) groups is 1. The molecule has 0 aromatic heterocycles. The van der Waals surface area contributed by atoms with Gasteiger partial charge in [0.2, 0.25) is 5.91 Å². The first kappa shape index (κ1) is 12.9. The highest BCUT2D eigenvalue weighted by molar-refractivity contribution is 9.10. The Morgan fingerprint density at radius 3 is 2.79 bits per heavy atom. The summed E-state index contributed by atoms with van der Waals surface area (Å²) in [6.07, 6.45) is 1.03. The van der Waals surface area contributed by atoms with Crippen LogP contribution in [0.15, 0.2) is 22.7 Å². The third kappa shape index (κ3) is 2.14. The van der Waals surface area contributed by atoms with Crippen LogP contribution in [0.5, 0.6) is 0 Å². The summed E-state index contributed by atoms with van der Waals surface area (Å²) in [6, 6.07) is 5.39. The fourth-order valence-electron chi connectivity index (χ4n) is 3.12. The Morgan fingerprint density at radius 2 is 2.11 bits per heavy atom. The highest BCUT2D eigenvalue weighted by Gasteiger charge is 2.48. The molecule has 3 rings (SSSR count). The van der Waals surface area contributed by atoms with E-state index in [-0.39, 0.29) is 17.1 Å². The van der Waals surface area contributed by atoms with Crippen molar-refractivity contribution in [2.45, 2.75) is 13.3 Å². The van der Waals surface area contributed by atoms with E-state index in [4.69, 9.17) is 0 Å². The molecule has 0 unspecified atom stereocenters. The molecule has 1 aromatic rings. The number of benzene rings is 1. The summed E-state index contributed by atoms with van der Waals surface area (Å²) in [7, 11) is 0. The predicted molar refractivity (Wildman–Crippen MR) is 75.6 cm³/mol. The summed E-state index contributed by atoms with van der Waals surface area (Å²) in [5.74, 6) is -0.0555. The molecule has 2 aliphatic rings. The van der Waals surface area contributed by atoms with Crippen LogP contribution in [0.2, 0.25) is 0 Å². The van der Waals surface area contributed by atoms with Gasteiger partial charge in [-0.3, -0.25) is 4.79 Å². The molecule has 1 amide bonds. The fraction of sp³-hybridized carbons (Fsp3) is 0.500. The zero-order valence-corrected chi connectivity index (χ0v) is 12.4. The Labute approximate surface area is 120 Å². The second-order valence-corrected chi connectivity index (χ2v) is 6.47. The van der Waals surface area contributed by atoms with Crippen molar-refractivity contribution in [1.29, 1.82) is 0 Å². The van der Waals surface area contributed by atoms with Gasteiger partial charge in [0.25, 0.3) is 0 Å². The summed E-state index contributed by atoms with van der Waals surface area (Å²) in [5.41, 5.74) is 0.841. The highest BCUT2D eigenvalue weighted by Crippen LogP contribution is 2.42. The second-order valence-electron chi connectivity index (χ2n) is 5.62. The molecule has 5 heteroatoms. The third-order valence-electron chi connectivity index (χ3n) is 4.21. The Balaban J connectivity index is 1.73. The largest absolute Gasteiger partial charge is 0.368 e. The van der Waals surface area contributed by atoms with E-state index in [1.54, 1.807) is 13.0 Å². The van der Waals surface area contributed by atoms with Gasteiger partial charge in [-0.15, -0.1) is 0 Å². The maximum absolute atomic E-state index is 14.1. The number of amides is 1. The van der Waals surface area contributed by atoms with Crippen LogP contribution in [-0.4, -0.2) is 37.0 Å². The van der Waals surface area contributed by atoms with Gasteiger partial charge in [-0.1, -0.05) is 6.07 Å². The first-order chi connectivity index (χ1) is 9.01. The van der Waals surface area contributed by atoms with Gasteiger partial charge in [-0.05, 0) is 34.5 Å². The van der Waals surface area contributed by atoms with Crippen LogP contribution in [0.25, 0.3) is 0 Å². The van der Waals surface area contributed by atoms with E-state index < -0.39 is 0 Å². The molecule has 2 fully saturated rings. The fourth-order valence-corrected chi connectivity index (χ4v) is 3.48. The van der Waals surface area contributed by atoms with Crippen LogP contribution in [0.4, 0.5) is 10.1 Å². The maximum Gasteiger partial charge on any atom is 0.219 e. The van der Waals surface area contributed by atoms with Crippen LogP contribution in [0.3, 0.4) is 0 Å². The average molecular weight is 327 g/mol. The van der Waals surface area contributed by atoms with E-state index in [2.05, 4.69) is 20.8 Å². The SMILES string of the molecule is CC(=O)N1CC2(CCN(c3cccc(Br)c3F)C2)C1. The van der Waals surface area contributed by atoms with Gasteiger partial charge in [0, 0.05) is 38.5 Å². The van der Waals surface area contributed by atoms with Crippen molar-refractivity contribution in [1.82, 2.24) is 4.90 Å². The van der Waals surface area contributed by atoms with Gasteiger partial charge >= 0.3 is 0 Å². The number of hydrogen-bond acceptors (Lipinski definition) is 2. The zero-order valence-electron chi connectivity index (χ0n) is 10.8. The lowest BCUT2D eigenvalue weighted by molar-refractivity contribution is -0.139. The molecule has 19 heavy (non-hydrogen) atoms. The summed E-state index contributed by atoms with van der Waals surface area (Å²) in [6.45, 7) is 4.93. The summed E-state index contributed by atoms with van der Waals surface area (Å²) in [4.78, 5) is 15.2. The molecular weight excluding hydrogens is 311 g/mol. The quantitative estimate of drug-likeness (QED) is 0.792. The normalized spacial score (nSPS) is 20.8. The molecule has 1 spiro atoms. The lowest BCUT2D eigenvalue weighted by Gasteiger charge is -2.47. The van der Waals surface area contributed by atoms with Gasteiger partial charge in [-0.2, -0.15) is 0 Å². The van der Waals surface area contributed by atoms with Gasteiger partial charge in [0.15, 0.2) is 5.82 Å². The van der Waals surface area contributed by atoms with E-state index in [0.717, 1.165) is 32.6 Å². The topological polar surface area (TPSA) is 23.6 Å². The van der Waals surface area contributed by atoms with Crippen molar-refractivity contribution >= 4 is 27.5 Å². The lowest BCUT2D eigenvalue weighted by Crippen LogP contribution is -2.59. The van der Waals surface area contributed by atoms with Crippen molar-refractivity contribution in [3.05, 3.63) is 28.5 Å². The molecule has 0 aliphatic carbocycles. The van der Waals surface area contributed by atoms with E-state index in [1.165, 1.54) is 0 Å². The number of halogens is 2. The standard InChI is InChI=1S/C14H16BrFN2O/c1-10(19)18-8-14(9-18)5-6-17(7-14)12-4-2-3-11(15)13(12)16/h2-4H,5-9H2,1H3. The van der Waals surface area contributed by atoms with Crippen LogP contribution in [0, 0.1) is 11.2 Å². The van der Waals surface area contributed by atoms with Crippen LogP contribution < -0.4 is 4.90 Å². The van der Waals surface area contributed by atoms with E-state index in [1.807, 2.05) is 17.0 Å². The van der Waals surface area contributed by atoms with Crippen LogP contribution >= 0.6 is 15.9 Å². The Bertz CT molecular complexity index is 528. The number of rotatable bonds is 1. The highest BCUT2D eigenvalue weighted by atomic mass is 79.9. The van der Waals surface area contributed by atoms with E-state index in [0.29, 0.717) is 10.2 Å². The Hall–Kier alpha value is -1.10. The summed E-state index contributed by atoms with van der Waals surface area (Å²) < 4.78 is 14.6.